The van der Waals surface area contributed by atoms with Gasteiger partial charge in [-0.3, -0.25) is 14.4 Å². The van der Waals surface area contributed by atoms with Crippen LogP contribution in [-0.2, 0) is 28.6 Å². The average Bonchev–Trinajstić information content (AvgIpc) is 3.45. The zero-order chi connectivity index (χ0) is 57.1. The first-order valence-corrected chi connectivity index (χ1v) is 35.5. The molecule has 0 aliphatic rings. The molecule has 0 aromatic rings. The molecule has 0 heterocycles. The van der Waals surface area contributed by atoms with Crippen LogP contribution >= 0.6 is 0 Å². The standard InChI is InChI=1S/C73H136O6/c1-4-7-10-13-16-19-22-24-26-28-30-32-33-34-35-36-37-38-39-41-42-44-46-48-51-54-57-60-63-66-72(75)78-69-70(68-77-71(74)65-62-59-56-53-50-21-18-15-12-9-6-3)79-73(76)67-64-61-58-55-52-49-47-45-43-40-31-29-27-25-23-20-17-14-11-8-5-2/h23,25,28-31,70H,4-22,24,26-27,32-69H2,1-3H3/b25-23-,30-28-,31-29-. The second-order valence-corrected chi connectivity index (χ2v) is 24.1. The maximum Gasteiger partial charge on any atom is 0.306 e. The van der Waals surface area contributed by atoms with Crippen LogP contribution in [0.5, 0.6) is 0 Å². The molecule has 6 heteroatoms. The number of carbonyl (C=O) groups is 3. The van der Waals surface area contributed by atoms with Gasteiger partial charge in [0.15, 0.2) is 6.10 Å². The van der Waals surface area contributed by atoms with Crippen molar-refractivity contribution in [2.24, 2.45) is 0 Å². The summed E-state index contributed by atoms with van der Waals surface area (Å²) < 4.78 is 17.0. The van der Waals surface area contributed by atoms with Crippen molar-refractivity contribution in [3.63, 3.8) is 0 Å². The van der Waals surface area contributed by atoms with Crippen LogP contribution in [0.4, 0.5) is 0 Å². The van der Waals surface area contributed by atoms with Crippen LogP contribution in [0.2, 0.25) is 0 Å². The van der Waals surface area contributed by atoms with E-state index >= 15 is 0 Å². The van der Waals surface area contributed by atoms with Gasteiger partial charge in [-0.05, 0) is 77.0 Å². The fraction of sp³-hybridized carbons (Fsp3) is 0.877. The molecule has 0 saturated heterocycles. The van der Waals surface area contributed by atoms with Crippen molar-refractivity contribution < 1.29 is 28.6 Å². The topological polar surface area (TPSA) is 78.9 Å². The van der Waals surface area contributed by atoms with Crippen LogP contribution in [0.3, 0.4) is 0 Å². The van der Waals surface area contributed by atoms with Crippen LogP contribution in [0.15, 0.2) is 36.5 Å². The molecule has 1 atom stereocenters. The fourth-order valence-electron chi connectivity index (χ4n) is 10.8. The van der Waals surface area contributed by atoms with E-state index in [-0.39, 0.29) is 31.1 Å². The second kappa shape index (κ2) is 68.1. The van der Waals surface area contributed by atoms with Crippen molar-refractivity contribution >= 4 is 17.9 Å². The highest BCUT2D eigenvalue weighted by atomic mass is 16.6. The van der Waals surface area contributed by atoms with E-state index in [0.717, 1.165) is 64.2 Å². The van der Waals surface area contributed by atoms with E-state index < -0.39 is 6.10 Å². The van der Waals surface area contributed by atoms with Crippen LogP contribution in [0.1, 0.15) is 393 Å². The molecule has 1 unspecified atom stereocenters. The molecule has 0 N–H and O–H groups in total. The normalized spacial score (nSPS) is 12.2. The number of hydrogen-bond acceptors (Lipinski definition) is 6. The van der Waals surface area contributed by atoms with Gasteiger partial charge in [-0.15, -0.1) is 0 Å². The summed E-state index contributed by atoms with van der Waals surface area (Å²) in [7, 11) is 0. The van der Waals surface area contributed by atoms with Gasteiger partial charge in [0, 0.05) is 19.3 Å². The molecule has 6 nitrogen and oxygen atoms in total. The smallest absolute Gasteiger partial charge is 0.306 e. The Hall–Kier alpha value is -2.37. The van der Waals surface area contributed by atoms with E-state index in [9.17, 15) is 14.4 Å². The van der Waals surface area contributed by atoms with E-state index in [2.05, 4.69) is 57.2 Å². The number of esters is 3. The Kier molecular flexibility index (Phi) is 66.1. The summed E-state index contributed by atoms with van der Waals surface area (Å²) in [6.45, 7) is 6.69. The number of rotatable bonds is 66. The summed E-state index contributed by atoms with van der Waals surface area (Å²) in [5.74, 6) is -0.846. The lowest BCUT2D eigenvalue weighted by Crippen LogP contribution is -2.30. The van der Waals surface area contributed by atoms with Crippen molar-refractivity contribution in [2.75, 3.05) is 13.2 Å². The summed E-state index contributed by atoms with van der Waals surface area (Å²) in [5, 5.41) is 0. The Morgan fingerprint density at radius 2 is 0.456 bits per heavy atom. The summed E-state index contributed by atoms with van der Waals surface area (Å²) in [6.07, 6.45) is 84.7. The van der Waals surface area contributed by atoms with E-state index in [1.54, 1.807) is 0 Å². The average molecular weight is 1110 g/mol. The minimum absolute atomic E-state index is 0.0685. The lowest BCUT2D eigenvalue weighted by Gasteiger charge is -2.18. The Balaban J connectivity index is 4.15. The highest BCUT2D eigenvalue weighted by Gasteiger charge is 2.19. The number of allylic oxidation sites excluding steroid dienone is 6. The molecule has 0 rings (SSSR count). The first-order chi connectivity index (χ1) is 39.0. The fourth-order valence-corrected chi connectivity index (χ4v) is 10.8. The van der Waals surface area contributed by atoms with Gasteiger partial charge in [0.2, 0.25) is 0 Å². The van der Waals surface area contributed by atoms with Crippen molar-refractivity contribution in [3.05, 3.63) is 36.5 Å². The predicted molar refractivity (Wildman–Crippen MR) is 344 cm³/mol. The minimum atomic E-state index is -0.772. The molecule has 0 aliphatic heterocycles. The Morgan fingerprint density at radius 3 is 0.709 bits per heavy atom. The maximum absolute atomic E-state index is 12.9. The van der Waals surface area contributed by atoms with Gasteiger partial charge in [-0.2, -0.15) is 0 Å². The molecule has 0 aromatic heterocycles. The molecule has 0 bridgehead atoms. The van der Waals surface area contributed by atoms with Crippen LogP contribution in [0, 0.1) is 0 Å². The monoisotopic (exact) mass is 1110 g/mol. The van der Waals surface area contributed by atoms with Gasteiger partial charge in [-0.25, -0.2) is 0 Å². The predicted octanol–water partition coefficient (Wildman–Crippen LogP) is 24.3. The van der Waals surface area contributed by atoms with E-state index in [0.29, 0.717) is 19.3 Å². The summed E-state index contributed by atoms with van der Waals surface area (Å²) in [5.41, 5.74) is 0. The van der Waals surface area contributed by atoms with Crippen LogP contribution in [-0.4, -0.2) is 37.2 Å². The molecule has 0 fully saturated rings. The zero-order valence-electron chi connectivity index (χ0n) is 53.4. The zero-order valence-corrected chi connectivity index (χ0v) is 53.4. The van der Waals surface area contributed by atoms with Crippen molar-refractivity contribution in [1.29, 1.82) is 0 Å². The lowest BCUT2D eigenvalue weighted by atomic mass is 10.0. The SMILES string of the molecule is CCCCCCC/C=C\C/C=C\CCCCCCCCCCCC(=O)OC(COC(=O)CCCCCCCCCCCCC)COC(=O)CCCCCCCCCCCCCCCCCCC/C=C\CCCCCCCCCC. The molecule has 0 saturated carbocycles. The van der Waals surface area contributed by atoms with Crippen LogP contribution in [0.25, 0.3) is 0 Å². The molecule has 0 radical (unpaired) electrons. The first kappa shape index (κ1) is 76.6. The third-order valence-electron chi connectivity index (χ3n) is 16.1. The molecule has 79 heavy (non-hydrogen) atoms. The van der Waals surface area contributed by atoms with E-state index in [1.165, 1.54) is 289 Å². The van der Waals surface area contributed by atoms with Gasteiger partial charge in [-0.1, -0.05) is 333 Å². The minimum Gasteiger partial charge on any atom is -0.462 e. The second-order valence-electron chi connectivity index (χ2n) is 24.1. The quantitative estimate of drug-likeness (QED) is 0.0261. The summed E-state index contributed by atoms with van der Waals surface area (Å²) in [6, 6.07) is 0. The third kappa shape index (κ3) is 66.3. The highest BCUT2D eigenvalue weighted by molar-refractivity contribution is 5.71. The van der Waals surface area contributed by atoms with Gasteiger partial charge >= 0.3 is 17.9 Å². The Labute approximate surface area is 493 Å². The lowest BCUT2D eigenvalue weighted by molar-refractivity contribution is -0.167. The van der Waals surface area contributed by atoms with Gasteiger partial charge in [0.05, 0.1) is 0 Å². The van der Waals surface area contributed by atoms with Crippen molar-refractivity contribution in [1.82, 2.24) is 0 Å². The molecule has 464 valence electrons. The molecular formula is C73H136O6. The molecular weight excluding hydrogens is 973 g/mol. The molecule has 0 amide bonds. The van der Waals surface area contributed by atoms with Crippen LogP contribution < -0.4 is 0 Å². The van der Waals surface area contributed by atoms with Gasteiger partial charge < -0.3 is 14.2 Å². The largest absolute Gasteiger partial charge is 0.462 e. The first-order valence-electron chi connectivity index (χ1n) is 35.5. The Morgan fingerprint density at radius 1 is 0.253 bits per heavy atom. The maximum atomic E-state index is 12.9. The summed E-state index contributed by atoms with van der Waals surface area (Å²) in [4.78, 5) is 38.3. The van der Waals surface area contributed by atoms with Gasteiger partial charge in [0.1, 0.15) is 13.2 Å². The van der Waals surface area contributed by atoms with E-state index in [4.69, 9.17) is 14.2 Å². The van der Waals surface area contributed by atoms with Crippen molar-refractivity contribution in [3.8, 4) is 0 Å². The number of ether oxygens (including phenoxy) is 3. The van der Waals surface area contributed by atoms with Crippen molar-refractivity contribution in [2.45, 2.75) is 399 Å². The van der Waals surface area contributed by atoms with E-state index in [1.807, 2.05) is 0 Å². The Bertz CT molecular complexity index is 1320. The summed E-state index contributed by atoms with van der Waals surface area (Å²) >= 11 is 0. The number of unbranched alkanes of at least 4 members (excludes halogenated alkanes) is 49. The van der Waals surface area contributed by atoms with Gasteiger partial charge in [0.25, 0.3) is 0 Å². The number of carbonyl (C=O) groups excluding carboxylic acids is 3. The molecule has 0 aliphatic carbocycles. The molecule has 0 spiro atoms. The number of hydrogen-bond donors (Lipinski definition) is 0. The highest BCUT2D eigenvalue weighted by Crippen LogP contribution is 2.18. The molecule has 0 aromatic carbocycles. The third-order valence-corrected chi connectivity index (χ3v) is 16.1.